The maximum Gasteiger partial charge on any atom is 0.408 e. The highest BCUT2D eigenvalue weighted by Crippen LogP contribution is 2.40. The lowest BCUT2D eigenvalue weighted by molar-refractivity contribution is -0.150. The van der Waals surface area contributed by atoms with Crippen molar-refractivity contribution in [2.75, 3.05) is 6.61 Å². The van der Waals surface area contributed by atoms with E-state index in [4.69, 9.17) is 9.47 Å². The molecule has 3 rings (SSSR count). The monoisotopic (exact) mass is 525 g/mol. The summed E-state index contributed by atoms with van der Waals surface area (Å²) < 4.78 is 10.7. The van der Waals surface area contributed by atoms with E-state index in [0.29, 0.717) is 6.42 Å². The van der Waals surface area contributed by atoms with Gasteiger partial charge in [0.05, 0.1) is 0 Å². The Labute approximate surface area is 220 Å². The van der Waals surface area contributed by atoms with Crippen LogP contribution in [0.15, 0.2) is 60.7 Å². The van der Waals surface area contributed by atoms with Crippen molar-refractivity contribution in [1.29, 1.82) is 0 Å². The Balaban J connectivity index is 1.82. The van der Waals surface area contributed by atoms with Crippen molar-refractivity contribution >= 4 is 36.5 Å². The van der Waals surface area contributed by atoms with E-state index in [1.165, 1.54) is 0 Å². The number of carbonyl (C=O) groups excluding carboxylic acids is 3. The van der Waals surface area contributed by atoms with Crippen molar-refractivity contribution in [3.05, 3.63) is 60.7 Å². The summed E-state index contributed by atoms with van der Waals surface area (Å²) in [6.07, 6.45) is 1.53. The molecule has 1 fully saturated rings. The van der Waals surface area contributed by atoms with Gasteiger partial charge in [-0.3, -0.25) is 4.79 Å². The molecule has 1 aliphatic carbocycles. The fourth-order valence-electron chi connectivity index (χ4n) is 4.46. The largest absolute Gasteiger partial charge is 0.456 e. The molecule has 1 atom stereocenters. The summed E-state index contributed by atoms with van der Waals surface area (Å²) in [7, 11) is -3.30. The van der Waals surface area contributed by atoms with Crippen LogP contribution in [0.25, 0.3) is 0 Å². The summed E-state index contributed by atoms with van der Waals surface area (Å²) in [5.41, 5.74) is -0.743. The summed E-state index contributed by atoms with van der Waals surface area (Å²) in [5.74, 6) is -0.804. The van der Waals surface area contributed by atoms with Crippen LogP contribution in [0.2, 0.25) is 5.04 Å². The quantitative estimate of drug-likeness (QED) is 0.343. The van der Waals surface area contributed by atoms with Crippen molar-refractivity contribution in [1.82, 2.24) is 5.32 Å². The molecule has 0 heterocycles. The predicted molar refractivity (Wildman–Crippen MR) is 145 cm³/mol. The molecular weight excluding hydrogens is 486 g/mol. The van der Waals surface area contributed by atoms with E-state index in [2.05, 4.69) is 5.32 Å². The summed E-state index contributed by atoms with van der Waals surface area (Å²) in [5, 5.41) is 3.72. The molecule has 2 aromatic carbocycles. The van der Waals surface area contributed by atoms with E-state index >= 15 is 0 Å². The Morgan fingerprint density at radius 1 is 0.946 bits per heavy atom. The summed E-state index contributed by atoms with van der Waals surface area (Å²) in [4.78, 5) is 50.0. The highest BCUT2D eigenvalue weighted by Gasteiger charge is 2.50. The summed E-state index contributed by atoms with van der Waals surface area (Å²) >= 11 is 0. The minimum absolute atomic E-state index is 0.0262. The molecule has 1 saturated carbocycles. The average Bonchev–Trinajstić information content (AvgIpc) is 3.70. The van der Waals surface area contributed by atoms with E-state index in [-0.39, 0.29) is 24.7 Å². The van der Waals surface area contributed by atoms with Gasteiger partial charge in [0, 0.05) is 5.92 Å². The van der Waals surface area contributed by atoms with E-state index in [1.54, 1.807) is 20.8 Å². The molecule has 7 nitrogen and oxygen atoms in total. The molecule has 0 bridgehead atoms. The Hall–Kier alpha value is -2.97. The topological polar surface area (TPSA) is 102 Å². The Morgan fingerprint density at radius 3 is 1.92 bits per heavy atom. The number of alkyl carbamates (subject to hydrolysis) is 1. The van der Waals surface area contributed by atoms with Gasteiger partial charge in [-0.15, -0.1) is 0 Å². The number of nitrogens with one attached hydrogen (secondary N) is 1. The van der Waals surface area contributed by atoms with Crippen LogP contribution in [0.5, 0.6) is 0 Å². The second kappa shape index (κ2) is 11.6. The van der Waals surface area contributed by atoms with Gasteiger partial charge in [0.2, 0.25) is 0 Å². The molecule has 0 saturated heterocycles. The predicted octanol–water partition coefficient (Wildman–Crippen LogP) is 3.71. The minimum atomic E-state index is -3.30. The van der Waals surface area contributed by atoms with Gasteiger partial charge in [-0.25, -0.2) is 9.59 Å². The number of amides is 1. The molecule has 0 radical (unpaired) electrons. The van der Waals surface area contributed by atoms with Crippen LogP contribution in [0.1, 0.15) is 60.3 Å². The minimum Gasteiger partial charge on any atom is -0.456 e. The number of Topliss-reactive ketones (excluding diaryl/α,β-unsaturated/α-hetero) is 1. The van der Waals surface area contributed by atoms with Crippen LogP contribution >= 0.6 is 0 Å². The first-order valence-electron chi connectivity index (χ1n) is 12.9. The van der Waals surface area contributed by atoms with Crippen molar-refractivity contribution in [3.63, 3.8) is 0 Å². The number of carbonyl (C=O) groups is 3. The lowest BCUT2D eigenvalue weighted by Crippen LogP contribution is -2.65. The molecule has 37 heavy (non-hydrogen) atoms. The van der Waals surface area contributed by atoms with E-state index in [0.717, 1.165) is 23.2 Å². The highest BCUT2D eigenvalue weighted by atomic mass is 28.4. The third-order valence-electron chi connectivity index (χ3n) is 6.79. The molecule has 8 heteroatoms. The Kier molecular flexibility index (Phi) is 8.97. The fourth-order valence-corrected chi connectivity index (χ4v) is 8.21. The lowest BCUT2D eigenvalue weighted by Gasteiger charge is -2.41. The number of hydrogen-bond acceptors (Lipinski definition) is 6. The zero-order valence-corrected chi connectivity index (χ0v) is 23.5. The van der Waals surface area contributed by atoms with Gasteiger partial charge in [0.15, 0.2) is 5.78 Å². The van der Waals surface area contributed by atoms with Gasteiger partial charge < -0.3 is 19.6 Å². The van der Waals surface area contributed by atoms with Crippen LogP contribution in [0, 0.1) is 5.92 Å². The number of ether oxygens (including phenoxy) is 2. The van der Waals surface area contributed by atoms with E-state index in [9.17, 15) is 19.2 Å². The van der Waals surface area contributed by atoms with Gasteiger partial charge in [-0.05, 0) is 61.9 Å². The molecule has 0 aromatic heterocycles. The van der Waals surface area contributed by atoms with Gasteiger partial charge in [-0.2, -0.15) is 0 Å². The van der Waals surface area contributed by atoms with Crippen molar-refractivity contribution in [2.45, 2.75) is 77.0 Å². The molecule has 1 aliphatic rings. The second-order valence-electron chi connectivity index (χ2n) is 11.4. The maximum absolute atomic E-state index is 13.0. The van der Waals surface area contributed by atoms with Crippen LogP contribution in [0.3, 0.4) is 0 Å². The molecular formula is C29H39NO6Si. The molecule has 2 N–H and O–H groups in total. The third kappa shape index (κ3) is 7.52. The fraction of sp³-hybridized carbons (Fsp3) is 0.483. The lowest BCUT2D eigenvalue weighted by atomic mass is 10.0. The number of ketones is 1. The Morgan fingerprint density at radius 2 is 1.46 bits per heavy atom. The van der Waals surface area contributed by atoms with Crippen LogP contribution in [-0.4, -0.2) is 49.2 Å². The van der Waals surface area contributed by atoms with Gasteiger partial charge in [-0.1, -0.05) is 74.5 Å². The molecule has 0 unspecified atom stereocenters. The number of hydrogen-bond donors (Lipinski definition) is 2. The molecule has 1 amide bonds. The first-order valence-corrected chi connectivity index (χ1v) is 14.8. The third-order valence-corrected chi connectivity index (χ3v) is 11.3. The summed E-state index contributed by atoms with van der Waals surface area (Å²) in [6, 6.07) is 18.2. The van der Waals surface area contributed by atoms with Crippen LogP contribution in [0.4, 0.5) is 4.79 Å². The number of esters is 1. The smallest absolute Gasteiger partial charge is 0.408 e. The highest BCUT2D eigenvalue weighted by molar-refractivity contribution is 6.98. The molecule has 0 spiro atoms. The SMILES string of the molecule is CC(C)(C)OC(=O)N[C@@H](CCC(C)(C)[Si](O)(c1ccccc1)c1ccccc1)C(=O)OCC(=O)C1CC1. The zero-order chi connectivity index (χ0) is 27.3. The van der Waals surface area contributed by atoms with Crippen molar-refractivity contribution < 1.29 is 28.7 Å². The number of rotatable bonds is 11. The van der Waals surface area contributed by atoms with E-state index in [1.807, 2.05) is 74.5 Å². The second-order valence-corrected chi connectivity index (χ2v) is 15.3. The zero-order valence-electron chi connectivity index (χ0n) is 22.5. The molecule has 0 aliphatic heterocycles. The maximum atomic E-state index is 13.0. The van der Waals surface area contributed by atoms with Gasteiger partial charge in [0.1, 0.15) is 18.2 Å². The average molecular weight is 526 g/mol. The van der Waals surface area contributed by atoms with E-state index < -0.39 is 37.1 Å². The normalized spacial score (nSPS) is 15.0. The molecule has 2 aromatic rings. The van der Waals surface area contributed by atoms with Crippen LogP contribution in [-0.2, 0) is 19.1 Å². The van der Waals surface area contributed by atoms with Crippen LogP contribution < -0.4 is 15.7 Å². The van der Waals surface area contributed by atoms with Gasteiger partial charge in [0.25, 0.3) is 8.32 Å². The Bertz CT molecular complexity index is 1040. The number of benzene rings is 2. The van der Waals surface area contributed by atoms with Gasteiger partial charge >= 0.3 is 12.1 Å². The molecule has 200 valence electrons. The van der Waals surface area contributed by atoms with Crippen molar-refractivity contribution in [2.24, 2.45) is 5.92 Å². The standard InChI is InChI=1S/C29H39NO6Si/c1-28(2,3)36-27(33)30-24(26(32)35-20-25(31)21-16-17-21)18-19-29(4,5)37(34,22-12-8-6-9-13-22)23-14-10-7-11-15-23/h6-15,21,24,34H,16-20H2,1-5H3,(H,30,33)/t24-/m0/s1. The first-order chi connectivity index (χ1) is 17.3. The van der Waals surface area contributed by atoms with Crippen molar-refractivity contribution in [3.8, 4) is 0 Å². The summed E-state index contributed by atoms with van der Waals surface area (Å²) in [6.45, 7) is 8.90. The first kappa shape index (κ1) is 28.6.